The van der Waals surface area contributed by atoms with Crippen LogP contribution < -0.4 is 15.5 Å². The number of nitrogens with zero attached hydrogens (tertiary/aromatic N) is 1. The molecule has 12 heteroatoms. The maximum absolute atomic E-state index is 12.4. The molecule has 1 atom stereocenters. The van der Waals surface area contributed by atoms with Gasteiger partial charge in [0.05, 0.1) is 17.7 Å². The summed E-state index contributed by atoms with van der Waals surface area (Å²) in [5, 5.41) is 21.7. The molecule has 1 unspecified atom stereocenters. The minimum atomic E-state index is -4.42. The molecular weight excluding hydrogens is 468 g/mol. The van der Waals surface area contributed by atoms with Gasteiger partial charge in [-0.05, 0) is 47.7 Å². The van der Waals surface area contributed by atoms with E-state index < -0.39 is 24.6 Å². The Kier molecular flexibility index (Phi) is 9.27. The number of ether oxygens (including phenoxy) is 1. The van der Waals surface area contributed by atoms with Crippen LogP contribution in [-0.4, -0.2) is 36.2 Å². The van der Waals surface area contributed by atoms with E-state index >= 15 is 0 Å². The average Bonchev–Trinajstić information content (AvgIpc) is 3.14. The summed E-state index contributed by atoms with van der Waals surface area (Å²) in [4.78, 5) is 12.2. The summed E-state index contributed by atoms with van der Waals surface area (Å²) in [6, 6.07) is 8.87. The summed E-state index contributed by atoms with van der Waals surface area (Å²) in [7, 11) is -1.17. The highest BCUT2D eigenvalue weighted by Crippen LogP contribution is 2.36. The number of fused-ring (bicyclic) bond motifs is 1. The molecule has 0 fully saturated rings. The van der Waals surface area contributed by atoms with Gasteiger partial charge in [-0.2, -0.15) is 18.4 Å². The highest BCUT2D eigenvalue weighted by atomic mass is 35.5. The molecule has 0 aromatic heterocycles. The Bertz CT molecular complexity index is 987. The first kappa shape index (κ1) is 25.9. The van der Waals surface area contributed by atoms with Crippen LogP contribution in [-0.2, 0) is 11.3 Å². The minimum absolute atomic E-state index is 0.0587. The number of halogens is 4. The minimum Gasteiger partial charge on any atom is -0.489 e. The second-order valence-corrected chi connectivity index (χ2v) is 7.67. The van der Waals surface area contributed by atoms with Crippen LogP contribution >= 0.6 is 23.4 Å². The quantitative estimate of drug-likeness (QED) is 0.475. The molecule has 1 heterocycles. The Morgan fingerprint density at radius 3 is 2.59 bits per heavy atom. The summed E-state index contributed by atoms with van der Waals surface area (Å²) in [6.07, 6.45) is 0. The van der Waals surface area contributed by atoms with Gasteiger partial charge in [0.25, 0.3) is 5.91 Å². The Labute approximate surface area is 192 Å². The molecule has 1 aliphatic heterocycles. The largest absolute Gasteiger partial charge is 0.493 e. The number of nitrogens with one attached hydrogen (secondary N) is 1. The number of carbonyl (C=O) groups is 1. The van der Waals surface area contributed by atoms with E-state index in [2.05, 4.69) is 5.32 Å². The number of hydrogen-bond acceptors (Lipinski definition) is 6. The molecule has 0 spiro atoms. The molecule has 2 aromatic rings. The van der Waals surface area contributed by atoms with Crippen LogP contribution in [0.2, 0.25) is 5.02 Å². The van der Waals surface area contributed by atoms with Gasteiger partial charge in [0.2, 0.25) is 0 Å². The first-order valence-electron chi connectivity index (χ1n) is 9.48. The topological polar surface area (TPSA) is 91.6 Å². The number of carbonyl (C=O) groups excluding carboxylic acids is 1. The third-order valence-corrected chi connectivity index (χ3v) is 5.22. The van der Waals surface area contributed by atoms with E-state index in [0.29, 0.717) is 5.46 Å². The van der Waals surface area contributed by atoms with Crippen LogP contribution in [0.5, 0.6) is 5.75 Å². The summed E-state index contributed by atoms with van der Waals surface area (Å²) in [5.74, 6) is -0.430. The molecule has 6 nitrogen and oxygen atoms in total. The fourth-order valence-corrected chi connectivity index (χ4v) is 3.57. The van der Waals surface area contributed by atoms with Gasteiger partial charge in [0, 0.05) is 15.9 Å². The molecule has 0 aliphatic carbocycles. The summed E-state index contributed by atoms with van der Waals surface area (Å²) >= 11 is 5.93. The van der Waals surface area contributed by atoms with Gasteiger partial charge in [-0.15, -0.1) is 0 Å². The molecular formula is C20H19BClF3N2O4S. The number of benzene rings is 2. The van der Waals surface area contributed by atoms with Crippen molar-refractivity contribution in [2.75, 3.05) is 6.61 Å². The maximum atomic E-state index is 12.4. The van der Waals surface area contributed by atoms with E-state index in [1.165, 1.54) is 24.3 Å². The lowest BCUT2D eigenvalue weighted by molar-refractivity contribution is -0.0328. The van der Waals surface area contributed by atoms with E-state index in [0.717, 1.165) is 5.56 Å². The molecule has 2 N–H and O–H groups in total. The zero-order valence-electron chi connectivity index (χ0n) is 17.1. The Morgan fingerprint density at radius 2 is 2.00 bits per heavy atom. The van der Waals surface area contributed by atoms with E-state index in [4.69, 9.17) is 21.0 Å². The monoisotopic (exact) mass is 486 g/mol. The first-order chi connectivity index (χ1) is 15.2. The number of hydrogen-bond donors (Lipinski definition) is 2. The molecule has 1 aliphatic rings. The number of alkyl halides is 3. The smallest absolute Gasteiger partial charge is 0.489 e. The molecule has 170 valence electrons. The SMILES string of the molecule is CC.N#CC(COc1ccc2c(c1Cl)B(O)OC2)NC(=O)c1ccc(SC(F)(F)F)cc1. The van der Waals surface area contributed by atoms with Gasteiger partial charge < -0.3 is 19.7 Å². The van der Waals surface area contributed by atoms with Crippen LogP contribution in [0.3, 0.4) is 0 Å². The van der Waals surface area contributed by atoms with Gasteiger partial charge in [-0.3, -0.25) is 4.79 Å². The Hall–Kier alpha value is -2.39. The molecule has 3 rings (SSSR count). The van der Waals surface area contributed by atoms with Crippen LogP contribution in [0.25, 0.3) is 0 Å². The van der Waals surface area contributed by atoms with E-state index in [9.17, 15) is 28.3 Å². The molecule has 1 amide bonds. The van der Waals surface area contributed by atoms with E-state index in [1.54, 1.807) is 12.1 Å². The number of amides is 1. The molecule has 32 heavy (non-hydrogen) atoms. The normalized spacial score (nSPS) is 13.4. The third-order valence-electron chi connectivity index (χ3n) is 4.10. The van der Waals surface area contributed by atoms with Crippen molar-refractivity contribution in [3.05, 3.63) is 52.5 Å². The standard InChI is InChI=1S/C18H13BClF3N2O4S.C2H6/c20-16-14(6-3-11-8-29-19(27)15(11)16)28-9-12(7-24)25-17(26)10-1-4-13(5-2-10)30-18(21,22)23;1-2/h1-6,12,27H,8-9H2,(H,25,26);1-2H3. The lowest BCUT2D eigenvalue weighted by Gasteiger charge is -2.15. The number of nitriles is 1. The predicted octanol–water partition coefficient (Wildman–Crippen LogP) is 3.90. The number of rotatable bonds is 6. The van der Waals surface area contributed by atoms with Gasteiger partial charge in [0.15, 0.2) is 6.04 Å². The van der Waals surface area contributed by atoms with Crippen molar-refractivity contribution in [3.8, 4) is 11.8 Å². The summed E-state index contributed by atoms with van der Waals surface area (Å²) in [5.41, 5.74) is -3.22. The molecule has 0 radical (unpaired) electrons. The first-order valence-corrected chi connectivity index (χ1v) is 10.7. The van der Waals surface area contributed by atoms with Crippen LogP contribution in [0, 0.1) is 11.3 Å². The number of thioether (sulfide) groups is 1. The van der Waals surface area contributed by atoms with E-state index in [1.807, 2.05) is 19.9 Å². The average molecular weight is 487 g/mol. The van der Waals surface area contributed by atoms with Crippen molar-refractivity contribution in [3.63, 3.8) is 0 Å². The zero-order chi connectivity index (χ0) is 23.9. The second kappa shape index (κ2) is 11.5. The summed E-state index contributed by atoms with van der Waals surface area (Å²) in [6.45, 7) is 3.98. The third kappa shape index (κ3) is 6.80. The van der Waals surface area contributed by atoms with Gasteiger partial charge in [0.1, 0.15) is 12.4 Å². The van der Waals surface area contributed by atoms with Gasteiger partial charge in [-0.1, -0.05) is 31.5 Å². The van der Waals surface area contributed by atoms with Crippen molar-refractivity contribution in [1.29, 1.82) is 5.26 Å². The summed E-state index contributed by atoms with van der Waals surface area (Å²) < 4.78 is 47.7. The van der Waals surface area contributed by atoms with Crippen molar-refractivity contribution in [2.45, 2.75) is 36.9 Å². The fraction of sp³-hybridized carbons (Fsp3) is 0.300. The Balaban J connectivity index is 0.00000176. The highest BCUT2D eigenvalue weighted by Gasteiger charge is 2.32. The van der Waals surface area contributed by atoms with Crippen LogP contribution in [0.4, 0.5) is 13.2 Å². The fourth-order valence-electron chi connectivity index (χ4n) is 2.70. The molecule has 0 bridgehead atoms. The predicted molar refractivity (Wildman–Crippen MR) is 116 cm³/mol. The zero-order valence-corrected chi connectivity index (χ0v) is 18.6. The van der Waals surface area contributed by atoms with Crippen LogP contribution in [0.1, 0.15) is 29.8 Å². The molecule has 2 aromatic carbocycles. The van der Waals surface area contributed by atoms with Gasteiger partial charge >= 0.3 is 12.6 Å². The lowest BCUT2D eigenvalue weighted by Crippen LogP contribution is -2.38. The van der Waals surface area contributed by atoms with E-state index in [-0.39, 0.29) is 46.2 Å². The van der Waals surface area contributed by atoms with Crippen LogP contribution in [0.15, 0.2) is 41.3 Å². The highest BCUT2D eigenvalue weighted by molar-refractivity contribution is 8.00. The van der Waals surface area contributed by atoms with Gasteiger partial charge in [-0.25, -0.2) is 0 Å². The van der Waals surface area contributed by atoms with Crippen molar-refractivity contribution < 1.29 is 32.4 Å². The maximum Gasteiger partial charge on any atom is 0.493 e. The molecule has 0 saturated heterocycles. The Morgan fingerprint density at radius 1 is 1.34 bits per heavy atom. The van der Waals surface area contributed by atoms with Crippen molar-refractivity contribution >= 4 is 41.9 Å². The second-order valence-electron chi connectivity index (χ2n) is 6.15. The van der Waals surface area contributed by atoms with Crippen molar-refractivity contribution in [2.24, 2.45) is 0 Å². The molecule has 0 saturated carbocycles. The lowest BCUT2D eigenvalue weighted by atomic mass is 9.79. The van der Waals surface area contributed by atoms with Crippen molar-refractivity contribution in [1.82, 2.24) is 5.32 Å².